The maximum atomic E-state index is 12.1. The fourth-order valence-electron chi connectivity index (χ4n) is 2.40. The lowest BCUT2D eigenvalue weighted by Crippen LogP contribution is -2.28. The van der Waals surface area contributed by atoms with Crippen LogP contribution < -0.4 is 10.5 Å². The molecule has 1 heterocycles. The van der Waals surface area contributed by atoms with Crippen molar-refractivity contribution >= 4 is 10.0 Å². The zero-order valence-electron chi connectivity index (χ0n) is 11.7. The number of nitrogens with one attached hydrogen (secondary N) is 1. The average molecular weight is 297 g/mol. The Kier molecular flexibility index (Phi) is 5.54. The molecule has 1 aliphatic heterocycles. The molecule has 1 aromatic carbocycles. The van der Waals surface area contributed by atoms with Crippen molar-refractivity contribution in [1.29, 1.82) is 0 Å². The van der Waals surface area contributed by atoms with Gasteiger partial charge in [0.2, 0.25) is 10.0 Å². The first-order valence-electron chi connectivity index (χ1n) is 7.13. The summed E-state index contributed by atoms with van der Waals surface area (Å²) < 4.78 is 26.8. The molecule has 1 saturated heterocycles. The van der Waals surface area contributed by atoms with Gasteiger partial charge in [-0.05, 0) is 56.6 Å². The Morgan fingerprint density at radius 3 is 2.40 bits per heavy atom. The van der Waals surface area contributed by atoms with Gasteiger partial charge in [-0.15, -0.1) is 0 Å². The minimum Gasteiger partial charge on any atom is -0.326 e. The number of hydrogen-bond donors (Lipinski definition) is 2. The van der Waals surface area contributed by atoms with Gasteiger partial charge in [0.25, 0.3) is 0 Å². The lowest BCUT2D eigenvalue weighted by molar-refractivity contribution is 0.334. The summed E-state index contributed by atoms with van der Waals surface area (Å²) in [7, 11) is -3.39. The van der Waals surface area contributed by atoms with Gasteiger partial charge in [-0.25, -0.2) is 13.1 Å². The summed E-state index contributed by atoms with van der Waals surface area (Å²) in [5.74, 6) is 0. The monoisotopic (exact) mass is 297 g/mol. The lowest BCUT2D eigenvalue weighted by Gasteiger charge is -2.14. The smallest absolute Gasteiger partial charge is 0.240 e. The third-order valence-electron chi connectivity index (χ3n) is 3.61. The van der Waals surface area contributed by atoms with Crippen LogP contribution in [0.25, 0.3) is 0 Å². The molecule has 0 saturated carbocycles. The topological polar surface area (TPSA) is 75.4 Å². The van der Waals surface area contributed by atoms with Gasteiger partial charge < -0.3 is 10.6 Å². The molecule has 3 N–H and O–H groups in total. The molecule has 0 spiro atoms. The van der Waals surface area contributed by atoms with Crippen molar-refractivity contribution in [2.45, 2.75) is 30.7 Å². The fraction of sp³-hybridized carbons (Fsp3) is 0.571. The Morgan fingerprint density at radius 2 is 1.80 bits per heavy atom. The van der Waals surface area contributed by atoms with E-state index in [-0.39, 0.29) is 0 Å². The molecule has 0 aliphatic carbocycles. The zero-order chi connectivity index (χ0) is 14.4. The van der Waals surface area contributed by atoms with E-state index in [2.05, 4.69) is 9.62 Å². The first-order valence-corrected chi connectivity index (χ1v) is 8.61. The Balaban J connectivity index is 1.80. The van der Waals surface area contributed by atoms with E-state index in [0.717, 1.165) is 31.6 Å². The molecule has 112 valence electrons. The first-order chi connectivity index (χ1) is 9.62. The van der Waals surface area contributed by atoms with Crippen LogP contribution >= 0.6 is 0 Å². The van der Waals surface area contributed by atoms with E-state index >= 15 is 0 Å². The molecule has 2 rings (SSSR count). The number of hydrogen-bond acceptors (Lipinski definition) is 4. The van der Waals surface area contributed by atoms with Gasteiger partial charge in [-0.2, -0.15) is 0 Å². The normalized spacial score (nSPS) is 16.6. The highest BCUT2D eigenvalue weighted by atomic mass is 32.2. The van der Waals surface area contributed by atoms with Crippen molar-refractivity contribution < 1.29 is 8.42 Å². The van der Waals surface area contributed by atoms with E-state index in [0.29, 0.717) is 18.0 Å². The van der Waals surface area contributed by atoms with E-state index < -0.39 is 10.0 Å². The second kappa shape index (κ2) is 7.17. The Labute approximate surface area is 121 Å². The number of rotatable bonds is 7. The molecule has 1 aromatic rings. The predicted molar refractivity (Wildman–Crippen MR) is 79.8 cm³/mol. The van der Waals surface area contributed by atoms with Crippen LogP contribution in [0.1, 0.15) is 24.8 Å². The molecule has 20 heavy (non-hydrogen) atoms. The summed E-state index contributed by atoms with van der Waals surface area (Å²) in [6.07, 6.45) is 3.37. The Hall–Kier alpha value is -0.950. The maximum absolute atomic E-state index is 12.1. The molecule has 0 radical (unpaired) electrons. The van der Waals surface area contributed by atoms with E-state index in [1.807, 2.05) is 0 Å². The predicted octanol–water partition coefficient (Wildman–Crippen LogP) is 0.909. The minimum atomic E-state index is -3.39. The third kappa shape index (κ3) is 4.28. The maximum Gasteiger partial charge on any atom is 0.240 e. The van der Waals surface area contributed by atoms with Crippen LogP contribution in [-0.2, 0) is 16.6 Å². The highest BCUT2D eigenvalue weighted by molar-refractivity contribution is 7.89. The van der Waals surface area contributed by atoms with Crippen molar-refractivity contribution in [3.05, 3.63) is 29.8 Å². The Morgan fingerprint density at radius 1 is 1.15 bits per heavy atom. The summed E-state index contributed by atoms with van der Waals surface area (Å²) in [6.45, 7) is 4.16. The van der Waals surface area contributed by atoms with E-state index in [1.165, 1.54) is 12.8 Å². The van der Waals surface area contributed by atoms with Crippen LogP contribution in [0.5, 0.6) is 0 Å². The Bertz CT molecular complexity index is 508. The molecular formula is C14H23N3O2S. The molecule has 0 atom stereocenters. The van der Waals surface area contributed by atoms with Crippen LogP contribution in [-0.4, -0.2) is 39.5 Å². The van der Waals surface area contributed by atoms with Crippen molar-refractivity contribution in [1.82, 2.24) is 9.62 Å². The van der Waals surface area contributed by atoms with Crippen LogP contribution in [0.15, 0.2) is 29.2 Å². The van der Waals surface area contributed by atoms with Crippen molar-refractivity contribution in [2.24, 2.45) is 5.73 Å². The highest BCUT2D eigenvalue weighted by Gasteiger charge is 2.14. The molecule has 1 fully saturated rings. The van der Waals surface area contributed by atoms with Crippen molar-refractivity contribution in [2.75, 3.05) is 26.2 Å². The van der Waals surface area contributed by atoms with Crippen molar-refractivity contribution in [3.8, 4) is 0 Å². The molecule has 6 heteroatoms. The summed E-state index contributed by atoms with van der Waals surface area (Å²) in [5.41, 5.74) is 6.43. The van der Waals surface area contributed by atoms with Gasteiger partial charge in [0.1, 0.15) is 0 Å². The molecule has 0 bridgehead atoms. The second-order valence-corrected chi connectivity index (χ2v) is 6.92. The van der Waals surface area contributed by atoms with Gasteiger partial charge in [-0.1, -0.05) is 12.1 Å². The molecular weight excluding hydrogens is 274 g/mol. The van der Waals surface area contributed by atoms with E-state index in [9.17, 15) is 8.42 Å². The number of likely N-dealkylation sites (tertiary alicyclic amines) is 1. The van der Waals surface area contributed by atoms with Gasteiger partial charge >= 0.3 is 0 Å². The van der Waals surface area contributed by atoms with E-state index in [1.54, 1.807) is 24.3 Å². The van der Waals surface area contributed by atoms with Crippen LogP contribution in [0.3, 0.4) is 0 Å². The second-order valence-electron chi connectivity index (χ2n) is 5.15. The van der Waals surface area contributed by atoms with E-state index in [4.69, 9.17) is 5.73 Å². The van der Waals surface area contributed by atoms with Gasteiger partial charge in [-0.3, -0.25) is 0 Å². The summed E-state index contributed by atoms with van der Waals surface area (Å²) in [4.78, 5) is 2.68. The summed E-state index contributed by atoms with van der Waals surface area (Å²) in [6, 6.07) is 6.70. The minimum absolute atomic E-state index is 0.302. The third-order valence-corrected chi connectivity index (χ3v) is 5.09. The molecule has 5 nitrogen and oxygen atoms in total. The molecule has 0 unspecified atom stereocenters. The number of benzene rings is 1. The standard InChI is InChI=1S/C14H23N3O2S/c15-12-13-4-6-14(7-5-13)20(18,19)16-8-3-11-17-9-1-2-10-17/h4-7,16H,1-3,8-12,15H2. The quantitative estimate of drug-likeness (QED) is 0.734. The summed E-state index contributed by atoms with van der Waals surface area (Å²) >= 11 is 0. The zero-order valence-corrected chi connectivity index (χ0v) is 12.5. The first kappa shape index (κ1) is 15.4. The van der Waals surface area contributed by atoms with Gasteiger partial charge in [0.15, 0.2) is 0 Å². The average Bonchev–Trinajstić information content (AvgIpc) is 2.97. The SMILES string of the molecule is NCc1ccc(S(=O)(=O)NCCCN2CCCC2)cc1. The largest absolute Gasteiger partial charge is 0.326 e. The van der Waals surface area contributed by atoms with Crippen molar-refractivity contribution in [3.63, 3.8) is 0 Å². The van der Waals surface area contributed by atoms with Crippen LogP contribution in [0, 0.1) is 0 Å². The van der Waals surface area contributed by atoms with Crippen LogP contribution in [0.4, 0.5) is 0 Å². The van der Waals surface area contributed by atoms with Gasteiger partial charge in [0.05, 0.1) is 4.90 Å². The van der Waals surface area contributed by atoms with Gasteiger partial charge in [0, 0.05) is 13.1 Å². The summed E-state index contributed by atoms with van der Waals surface area (Å²) in [5, 5.41) is 0. The molecule has 0 aromatic heterocycles. The fourth-order valence-corrected chi connectivity index (χ4v) is 3.48. The highest BCUT2D eigenvalue weighted by Crippen LogP contribution is 2.11. The number of nitrogens with two attached hydrogens (primary N) is 1. The number of nitrogens with zero attached hydrogens (tertiary/aromatic N) is 1. The van der Waals surface area contributed by atoms with Crippen LogP contribution in [0.2, 0.25) is 0 Å². The molecule has 1 aliphatic rings. The number of sulfonamides is 1. The molecule has 0 amide bonds. The lowest BCUT2D eigenvalue weighted by atomic mass is 10.2.